The van der Waals surface area contributed by atoms with E-state index >= 15 is 0 Å². The highest BCUT2D eigenvalue weighted by molar-refractivity contribution is 7.99. The number of hydrogen-bond donors (Lipinski definition) is 2. The highest BCUT2D eigenvalue weighted by Crippen LogP contribution is 2.33. The Hall–Kier alpha value is -2.10. The van der Waals surface area contributed by atoms with Gasteiger partial charge in [-0.3, -0.25) is 14.5 Å². The molecular formula is C24H30N4O3S2. The molecule has 3 aromatic heterocycles. The number of thioether (sulfide) groups is 1. The number of carbonyl (C=O) groups is 1. The van der Waals surface area contributed by atoms with Crippen LogP contribution in [-0.2, 0) is 23.4 Å². The first-order valence-electron chi connectivity index (χ1n) is 11.8. The number of furan rings is 1. The van der Waals surface area contributed by atoms with Gasteiger partial charge in [0, 0.05) is 11.4 Å². The number of thiophene rings is 1. The maximum Gasteiger partial charge on any atom is 0.259 e. The number of nitrogens with zero attached hydrogens (tertiary/aromatic N) is 2. The number of piperidine rings is 1. The van der Waals surface area contributed by atoms with Crippen molar-refractivity contribution in [2.75, 3.05) is 25.4 Å². The number of aromatic nitrogens is 2. The lowest BCUT2D eigenvalue weighted by molar-refractivity contribution is -0.118. The van der Waals surface area contributed by atoms with Gasteiger partial charge >= 0.3 is 0 Å². The quantitative estimate of drug-likeness (QED) is 0.500. The van der Waals surface area contributed by atoms with Crippen molar-refractivity contribution in [3.8, 4) is 0 Å². The highest BCUT2D eigenvalue weighted by atomic mass is 32.2. The summed E-state index contributed by atoms with van der Waals surface area (Å²) in [7, 11) is 0. The van der Waals surface area contributed by atoms with E-state index < -0.39 is 0 Å². The van der Waals surface area contributed by atoms with Crippen LogP contribution in [0.1, 0.15) is 60.2 Å². The molecule has 33 heavy (non-hydrogen) atoms. The number of aromatic amines is 1. The molecule has 1 aliphatic heterocycles. The van der Waals surface area contributed by atoms with Gasteiger partial charge in [-0.1, -0.05) is 6.42 Å². The summed E-state index contributed by atoms with van der Waals surface area (Å²) in [5.74, 6) is 2.37. The Balaban J connectivity index is 1.16. The van der Waals surface area contributed by atoms with Gasteiger partial charge in [-0.2, -0.15) is 0 Å². The van der Waals surface area contributed by atoms with Gasteiger partial charge in [0.15, 0.2) is 0 Å². The molecule has 1 aliphatic carbocycles. The lowest BCUT2D eigenvalue weighted by Gasteiger charge is -2.33. The second kappa shape index (κ2) is 10.4. The molecule has 7 nitrogen and oxygen atoms in total. The van der Waals surface area contributed by atoms with Crippen molar-refractivity contribution in [2.24, 2.45) is 0 Å². The molecule has 0 bridgehead atoms. The molecule has 1 fully saturated rings. The Kier molecular flexibility index (Phi) is 7.18. The lowest BCUT2D eigenvalue weighted by Crippen LogP contribution is -2.40. The number of hydrogen-bond acceptors (Lipinski definition) is 7. The van der Waals surface area contributed by atoms with E-state index in [-0.39, 0.29) is 17.5 Å². The maximum atomic E-state index is 12.7. The number of carbonyl (C=O) groups excluding carboxylic acids is 1. The first-order valence-corrected chi connectivity index (χ1v) is 13.8. The van der Waals surface area contributed by atoms with Crippen molar-refractivity contribution < 1.29 is 9.21 Å². The third kappa shape index (κ3) is 5.20. The predicted molar refractivity (Wildman–Crippen MR) is 133 cm³/mol. The third-order valence-corrected chi connectivity index (χ3v) is 8.67. The van der Waals surface area contributed by atoms with Crippen molar-refractivity contribution in [3.63, 3.8) is 0 Å². The van der Waals surface area contributed by atoms with E-state index in [1.807, 2.05) is 12.1 Å². The Labute approximate surface area is 201 Å². The summed E-state index contributed by atoms with van der Waals surface area (Å²) in [6.45, 7) is 2.60. The fourth-order valence-electron chi connectivity index (χ4n) is 4.90. The fraction of sp³-hybridized carbons (Fsp3) is 0.542. The second-order valence-electron chi connectivity index (χ2n) is 8.83. The fourth-order valence-corrected chi connectivity index (χ4v) is 6.90. The second-order valence-corrected chi connectivity index (χ2v) is 10.9. The average molecular weight is 487 g/mol. The molecule has 3 aromatic rings. The Morgan fingerprint density at radius 3 is 2.91 bits per heavy atom. The van der Waals surface area contributed by atoms with Crippen LogP contribution in [0.5, 0.6) is 0 Å². The Morgan fingerprint density at radius 2 is 2.09 bits per heavy atom. The molecule has 0 spiro atoms. The number of amides is 1. The largest absolute Gasteiger partial charge is 0.468 e. The van der Waals surface area contributed by atoms with Gasteiger partial charge in [0.1, 0.15) is 16.4 Å². The van der Waals surface area contributed by atoms with Gasteiger partial charge in [0.05, 0.1) is 29.2 Å². The van der Waals surface area contributed by atoms with Gasteiger partial charge in [0.2, 0.25) is 5.91 Å². The summed E-state index contributed by atoms with van der Waals surface area (Å²) >= 11 is 3.13. The van der Waals surface area contributed by atoms with Crippen molar-refractivity contribution >= 4 is 39.2 Å². The maximum absolute atomic E-state index is 12.7. The molecule has 0 aromatic carbocycles. The summed E-state index contributed by atoms with van der Waals surface area (Å²) in [6, 6.07) is 3.96. The van der Waals surface area contributed by atoms with Crippen LogP contribution in [-0.4, -0.2) is 46.2 Å². The number of nitrogens with one attached hydrogen (secondary N) is 2. The normalized spacial score (nSPS) is 17.7. The summed E-state index contributed by atoms with van der Waals surface area (Å²) in [4.78, 5) is 37.4. The van der Waals surface area contributed by atoms with E-state index in [0.29, 0.717) is 23.9 Å². The first-order chi connectivity index (χ1) is 16.2. The summed E-state index contributed by atoms with van der Waals surface area (Å²) < 4.78 is 5.66. The summed E-state index contributed by atoms with van der Waals surface area (Å²) in [5.41, 5.74) is 1.16. The number of H-pyrrole nitrogens is 1. The van der Waals surface area contributed by atoms with Gasteiger partial charge < -0.3 is 14.7 Å². The van der Waals surface area contributed by atoms with Crippen LogP contribution in [0.2, 0.25) is 0 Å². The molecule has 1 atom stereocenters. The van der Waals surface area contributed by atoms with Crippen LogP contribution < -0.4 is 10.9 Å². The van der Waals surface area contributed by atoms with E-state index in [2.05, 4.69) is 15.2 Å². The van der Waals surface area contributed by atoms with Crippen LogP contribution in [0.4, 0.5) is 0 Å². The SMILES string of the molecule is O=C(CSCc1nc2sc3c(c2c(=O)[nH]1)CCCC3)NCC(c1ccco1)N1CCCCC1. The number of likely N-dealkylation sites (tertiary alicyclic amines) is 1. The molecule has 2 N–H and O–H groups in total. The Morgan fingerprint density at radius 1 is 1.24 bits per heavy atom. The molecule has 2 aliphatic rings. The van der Waals surface area contributed by atoms with Crippen LogP contribution in [0.15, 0.2) is 27.6 Å². The molecule has 4 heterocycles. The van der Waals surface area contributed by atoms with Crippen LogP contribution in [0.3, 0.4) is 0 Å². The molecule has 176 valence electrons. The van der Waals surface area contributed by atoms with Gasteiger partial charge in [-0.15, -0.1) is 23.1 Å². The van der Waals surface area contributed by atoms with Crippen molar-refractivity contribution in [1.29, 1.82) is 0 Å². The van der Waals surface area contributed by atoms with Gasteiger partial charge in [0.25, 0.3) is 5.56 Å². The van der Waals surface area contributed by atoms with E-state index in [9.17, 15) is 9.59 Å². The van der Waals surface area contributed by atoms with Crippen LogP contribution in [0.25, 0.3) is 10.2 Å². The molecule has 0 radical (unpaired) electrons. The zero-order valence-electron chi connectivity index (χ0n) is 18.7. The van der Waals surface area contributed by atoms with Crippen LogP contribution >= 0.6 is 23.1 Å². The molecule has 1 amide bonds. The van der Waals surface area contributed by atoms with E-state index in [1.54, 1.807) is 17.6 Å². The minimum Gasteiger partial charge on any atom is -0.468 e. The minimum atomic E-state index is -0.0396. The lowest BCUT2D eigenvalue weighted by atomic mass is 9.97. The van der Waals surface area contributed by atoms with E-state index in [0.717, 1.165) is 48.3 Å². The predicted octanol–water partition coefficient (Wildman–Crippen LogP) is 4.03. The molecule has 9 heteroatoms. The van der Waals surface area contributed by atoms with E-state index in [4.69, 9.17) is 9.40 Å². The average Bonchev–Trinajstić information content (AvgIpc) is 3.48. The number of fused-ring (bicyclic) bond motifs is 3. The molecule has 1 saturated heterocycles. The van der Waals surface area contributed by atoms with Crippen molar-refractivity contribution in [3.05, 3.63) is 50.8 Å². The molecule has 0 saturated carbocycles. The Bertz CT molecular complexity index is 1150. The van der Waals surface area contributed by atoms with Crippen LogP contribution in [0, 0.1) is 0 Å². The first kappa shape index (κ1) is 22.7. The van der Waals surface area contributed by atoms with E-state index in [1.165, 1.54) is 47.9 Å². The van der Waals surface area contributed by atoms with Gasteiger partial charge in [-0.25, -0.2) is 4.98 Å². The molecule has 1 unspecified atom stereocenters. The minimum absolute atomic E-state index is 0.0106. The standard InChI is InChI=1S/C24H30N4O3S2/c29-21(25-13-17(18-8-6-12-31-18)28-10-4-1-5-11-28)15-32-14-20-26-23(30)22-16-7-2-3-9-19(16)33-24(22)27-20/h6,8,12,17H,1-5,7,9-11,13-15H2,(H,25,29)(H,26,27,30). The van der Waals surface area contributed by atoms with Crippen molar-refractivity contribution in [2.45, 2.75) is 56.7 Å². The summed E-state index contributed by atoms with van der Waals surface area (Å²) in [6.07, 6.45) is 9.69. The highest BCUT2D eigenvalue weighted by Gasteiger charge is 2.25. The summed E-state index contributed by atoms with van der Waals surface area (Å²) in [5, 5.41) is 3.86. The number of aryl methyl sites for hydroxylation is 2. The topological polar surface area (TPSA) is 91.2 Å². The molecule has 5 rings (SSSR count). The molecular weight excluding hydrogens is 456 g/mol. The zero-order valence-corrected chi connectivity index (χ0v) is 20.4. The van der Waals surface area contributed by atoms with Crippen molar-refractivity contribution in [1.82, 2.24) is 20.2 Å². The smallest absolute Gasteiger partial charge is 0.259 e. The number of rotatable bonds is 8. The zero-order chi connectivity index (χ0) is 22.6. The van der Waals surface area contributed by atoms with Gasteiger partial charge in [-0.05, 0) is 69.3 Å². The third-order valence-electron chi connectivity index (χ3n) is 6.54. The monoisotopic (exact) mass is 486 g/mol.